The lowest BCUT2D eigenvalue weighted by atomic mass is 9.96. The molecule has 0 unspecified atom stereocenters. The monoisotopic (exact) mass is 457 g/mol. The maximum absolute atomic E-state index is 12.4. The van der Waals surface area contributed by atoms with Crippen LogP contribution < -0.4 is 15.4 Å². The number of carbonyl (C=O) groups is 1. The summed E-state index contributed by atoms with van der Waals surface area (Å²) >= 11 is 4.25. The van der Waals surface area contributed by atoms with Gasteiger partial charge in [-0.15, -0.1) is 21.5 Å². The normalized spacial score (nSPS) is 12.7. The lowest BCUT2D eigenvalue weighted by Gasteiger charge is -2.09. The van der Waals surface area contributed by atoms with Crippen molar-refractivity contribution in [3.8, 4) is 11.8 Å². The number of nitriles is 1. The number of carbonyl (C=O) groups excluding carboxylic acids is 1. The van der Waals surface area contributed by atoms with Gasteiger partial charge in [-0.2, -0.15) is 5.26 Å². The first kappa shape index (κ1) is 20.7. The van der Waals surface area contributed by atoms with Crippen LogP contribution in [0.2, 0.25) is 0 Å². The van der Waals surface area contributed by atoms with E-state index in [1.165, 1.54) is 39.3 Å². The number of benzene rings is 1. The van der Waals surface area contributed by atoms with Crippen molar-refractivity contribution < 1.29 is 9.53 Å². The van der Waals surface area contributed by atoms with Crippen LogP contribution in [0, 0.1) is 11.3 Å². The van der Waals surface area contributed by atoms with Crippen molar-refractivity contribution >= 4 is 56.2 Å². The second kappa shape index (κ2) is 9.47. The van der Waals surface area contributed by atoms with Crippen LogP contribution >= 0.6 is 34.4 Å². The van der Waals surface area contributed by atoms with Crippen LogP contribution in [-0.4, -0.2) is 29.0 Å². The molecule has 1 aliphatic rings. The largest absolute Gasteiger partial charge is 0.497 e. The highest BCUT2D eigenvalue weighted by molar-refractivity contribution is 8.01. The van der Waals surface area contributed by atoms with E-state index >= 15 is 0 Å². The zero-order valence-electron chi connectivity index (χ0n) is 16.2. The molecule has 30 heavy (non-hydrogen) atoms. The van der Waals surface area contributed by atoms with E-state index in [0.29, 0.717) is 20.0 Å². The summed E-state index contributed by atoms with van der Waals surface area (Å²) in [5, 5.41) is 25.2. The number of hydrogen-bond acceptors (Lipinski definition) is 9. The molecule has 0 fully saturated rings. The number of ether oxygens (including phenoxy) is 1. The van der Waals surface area contributed by atoms with Crippen molar-refractivity contribution in [2.75, 3.05) is 23.5 Å². The number of amides is 1. The SMILES string of the molecule is COc1ccc(Nc2nnc(SCC(=O)Nc3sc4c(c3C#N)CCCC4)s2)cc1. The zero-order valence-corrected chi connectivity index (χ0v) is 18.7. The zero-order chi connectivity index (χ0) is 20.9. The fourth-order valence-corrected chi connectivity index (χ4v) is 6.01. The van der Waals surface area contributed by atoms with Crippen molar-refractivity contribution in [2.24, 2.45) is 0 Å². The lowest BCUT2D eigenvalue weighted by Crippen LogP contribution is -2.13. The molecule has 0 spiro atoms. The number of thioether (sulfide) groups is 1. The number of thiophene rings is 1. The van der Waals surface area contributed by atoms with Gasteiger partial charge in [0, 0.05) is 10.6 Å². The topological polar surface area (TPSA) is 99.9 Å². The van der Waals surface area contributed by atoms with E-state index in [2.05, 4.69) is 26.9 Å². The van der Waals surface area contributed by atoms with E-state index in [-0.39, 0.29) is 11.7 Å². The second-order valence-corrected chi connectivity index (χ2v) is 9.90. The predicted octanol–water partition coefficient (Wildman–Crippen LogP) is 4.83. The Hall–Kier alpha value is -2.61. The lowest BCUT2D eigenvalue weighted by molar-refractivity contribution is -0.113. The molecule has 1 aromatic carbocycles. The van der Waals surface area contributed by atoms with Crippen molar-refractivity contribution in [1.82, 2.24) is 10.2 Å². The molecular weight excluding hydrogens is 438 g/mol. The summed E-state index contributed by atoms with van der Waals surface area (Å²) < 4.78 is 5.85. The van der Waals surface area contributed by atoms with Crippen LogP contribution in [-0.2, 0) is 17.6 Å². The van der Waals surface area contributed by atoms with Gasteiger partial charge in [-0.1, -0.05) is 23.1 Å². The van der Waals surface area contributed by atoms with Crippen LogP contribution in [0.15, 0.2) is 28.6 Å². The average molecular weight is 458 g/mol. The van der Waals surface area contributed by atoms with Gasteiger partial charge in [0.05, 0.1) is 18.4 Å². The summed E-state index contributed by atoms with van der Waals surface area (Å²) in [6, 6.07) is 9.79. The summed E-state index contributed by atoms with van der Waals surface area (Å²) in [6.45, 7) is 0. The smallest absolute Gasteiger partial charge is 0.235 e. The van der Waals surface area contributed by atoms with Crippen molar-refractivity contribution in [1.29, 1.82) is 5.26 Å². The Morgan fingerprint density at radius 1 is 1.23 bits per heavy atom. The number of methoxy groups -OCH3 is 1. The molecule has 2 aromatic heterocycles. The molecule has 154 valence electrons. The van der Waals surface area contributed by atoms with E-state index in [1.807, 2.05) is 24.3 Å². The Balaban J connectivity index is 1.32. The highest BCUT2D eigenvalue weighted by Gasteiger charge is 2.22. The Morgan fingerprint density at radius 2 is 2.03 bits per heavy atom. The van der Waals surface area contributed by atoms with Crippen LogP contribution in [0.3, 0.4) is 0 Å². The van der Waals surface area contributed by atoms with Gasteiger partial charge in [0.2, 0.25) is 11.0 Å². The second-order valence-electron chi connectivity index (χ2n) is 6.59. The molecule has 1 aliphatic carbocycles. The molecule has 0 atom stereocenters. The molecule has 0 aliphatic heterocycles. The Labute approximate surface area is 186 Å². The third-order valence-corrected chi connectivity index (χ3v) is 7.79. The molecule has 3 aromatic rings. The molecule has 10 heteroatoms. The van der Waals surface area contributed by atoms with Gasteiger partial charge in [-0.3, -0.25) is 4.79 Å². The fourth-order valence-electron chi connectivity index (χ4n) is 3.18. The Morgan fingerprint density at radius 3 is 2.80 bits per heavy atom. The minimum atomic E-state index is -0.144. The quantitative estimate of drug-likeness (QED) is 0.490. The minimum Gasteiger partial charge on any atom is -0.497 e. The van der Waals surface area contributed by atoms with E-state index in [4.69, 9.17) is 4.74 Å². The molecule has 1 amide bonds. The summed E-state index contributed by atoms with van der Waals surface area (Å²) in [7, 11) is 1.63. The maximum atomic E-state index is 12.4. The Kier molecular flexibility index (Phi) is 6.52. The van der Waals surface area contributed by atoms with Crippen LogP contribution in [0.1, 0.15) is 28.8 Å². The standard InChI is InChI=1S/C20H19N5O2S3/c1-27-13-8-6-12(7-9-13)22-19-24-25-20(30-19)28-11-17(26)23-18-15(10-21)14-4-2-3-5-16(14)29-18/h6-9H,2-5,11H2,1H3,(H,22,24)(H,23,26). The fraction of sp³-hybridized carbons (Fsp3) is 0.300. The first-order valence-corrected chi connectivity index (χ1v) is 12.0. The van der Waals surface area contributed by atoms with E-state index in [9.17, 15) is 10.1 Å². The molecule has 7 nitrogen and oxygen atoms in total. The molecule has 2 N–H and O–H groups in total. The van der Waals surface area contributed by atoms with Crippen molar-refractivity contribution in [3.63, 3.8) is 0 Å². The summed E-state index contributed by atoms with van der Waals surface area (Å²) in [5.41, 5.74) is 2.64. The van der Waals surface area contributed by atoms with Gasteiger partial charge in [-0.25, -0.2) is 0 Å². The van der Waals surface area contributed by atoms with E-state index < -0.39 is 0 Å². The number of hydrogen-bond donors (Lipinski definition) is 2. The number of nitrogens with zero attached hydrogens (tertiary/aromatic N) is 3. The van der Waals surface area contributed by atoms with E-state index in [0.717, 1.165) is 42.7 Å². The van der Waals surface area contributed by atoms with Gasteiger partial charge < -0.3 is 15.4 Å². The number of fused-ring (bicyclic) bond motifs is 1. The van der Waals surface area contributed by atoms with E-state index in [1.54, 1.807) is 7.11 Å². The third-order valence-electron chi connectivity index (χ3n) is 4.61. The predicted molar refractivity (Wildman–Crippen MR) is 121 cm³/mol. The number of aryl methyl sites for hydroxylation is 1. The van der Waals surface area contributed by atoms with Crippen LogP contribution in [0.5, 0.6) is 5.75 Å². The summed E-state index contributed by atoms with van der Waals surface area (Å²) in [6.07, 6.45) is 4.17. The van der Waals surface area contributed by atoms with Crippen molar-refractivity contribution in [2.45, 2.75) is 30.0 Å². The molecular formula is C20H19N5O2S3. The summed E-state index contributed by atoms with van der Waals surface area (Å²) in [5.74, 6) is 0.853. The maximum Gasteiger partial charge on any atom is 0.235 e. The highest BCUT2D eigenvalue weighted by atomic mass is 32.2. The highest BCUT2D eigenvalue weighted by Crippen LogP contribution is 2.38. The van der Waals surface area contributed by atoms with Gasteiger partial charge in [0.25, 0.3) is 0 Å². The first-order valence-electron chi connectivity index (χ1n) is 9.38. The van der Waals surface area contributed by atoms with Gasteiger partial charge in [0.1, 0.15) is 16.8 Å². The number of nitrogens with one attached hydrogen (secondary N) is 2. The molecule has 4 rings (SSSR count). The van der Waals surface area contributed by atoms with Gasteiger partial charge in [0.15, 0.2) is 4.34 Å². The Bertz CT molecular complexity index is 1090. The number of anilines is 3. The van der Waals surface area contributed by atoms with Gasteiger partial charge in [-0.05, 0) is 55.5 Å². The van der Waals surface area contributed by atoms with Crippen LogP contribution in [0.4, 0.5) is 15.8 Å². The van der Waals surface area contributed by atoms with Crippen LogP contribution in [0.25, 0.3) is 0 Å². The number of rotatable bonds is 7. The van der Waals surface area contributed by atoms with Gasteiger partial charge >= 0.3 is 0 Å². The first-order chi connectivity index (χ1) is 14.7. The average Bonchev–Trinajstić information content (AvgIpc) is 3.36. The van der Waals surface area contributed by atoms with Crippen molar-refractivity contribution in [3.05, 3.63) is 40.3 Å². The molecule has 0 saturated carbocycles. The minimum absolute atomic E-state index is 0.144. The molecule has 0 bridgehead atoms. The summed E-state index contributed by atoms with van der Waals surface area (Å²) in [4.78, 5) is 13.7. The number of aromatic nitrogens is 2. The third kappa shape index (κ3) is 4.75. The molecule has 0 radical (unpaired) electrons. The molecule has 2 heterocycles. The molecule has 0 saturated heterocycles.